The maximum Gasteiger partial charge on any atom is 0.416 e. The Morgan fingerprint density at radius 3 is 2.11 bits per heavy atom. The second kappa shape index (κ2) is 5.36. The fourth-order valence-electron chi connectivity index (χ4n) is 1.38. The van der Waals surface area contributed by atoms with Crippen LogP contribution in [0.2, 0.25) is 0 Å². The molecule has 2 aromatic carbocycles. The van der Waals surface area contributed by atoms with Crippen LogP contribution >= 0.6 is 27.7 Å². The van der Waals surface area contributed by atoms with Crippen molar-refractivity contribution in [3.05, 3.63) is 58.6 Å². The van der Waals surface area contributed by atoms with Gasteiger partial charge in [-0.1, -0.05) is 33.8 Å². The molecule has 0 spiro atoms. The van der Waals surface area contributed by atoms with Crippen LogP contribution in [0, 0.1) is 0 Å². The van der Waals surface area contributed by atoms with E-state index in [2.05, 4.69) is 15.9 Å². The van der Waals surface area contributed by atoms with Crippen molar-refractivity contribution in [2.75, 3.05) is 0 Å². The molecule has 94 valence electrons. The fraction of sp³-hybridized carbons (Fsp3) is 0.0769. The molecule has 0 aliphatic carbocycles. The standard InChI is InChI=1S/C13H8BrF3S/c14-10-2-1-3-12(8-10)18-11-6-4-9(5-7-11)13(15,16)17/h1-8H. The first-order valence-corrected chi connectivity index (χ1v) is 6.67. The molecule has 0 radical (unpaired) electrons. The Bertz CT molecular complexity index is 535. The molecule has 0 atom stereocenters. The average Bonchev–Trinajstić information content (AvgIpc) is 2.28. The molecule has 0 aromatic heterocycles. The number of halogens is 4. The van der Waals surface area contributed by atoms with E-state index < -0.39 is 11.7 Å². The summed E-state index contributed by atoms with van der Waals surface area (Å²) in [5.74, 6) is 0. The van der Waals surface area contributed by atoms with E-state index in [1.165, 1.54) is 23.9 Å². The monoisotopic (exact) mass is 332 g/mol. The minimum Gasteiger partial charge on any atom is -0.166 e. The molecular weight excluding hydrogens is 325 g/mol. The quantitative estimate of drug-likeness (QED) is 0.687. The third kappa shape index (κ3) is 3.53. The molecule has 0 bridgehead atoms. The van der Waals surface area contributed by atoms with Crippen LogP contribution in [-0.4, -0.2) is 0 Å². The lowest BCUT2D eigenvalue weighted by molar-refractivity contribution is -0.137. The Morgan fingerprint density at radius 2 is 1.56 bits per heavy atom. The van der Waals surface area contributed by atoms with Crippen LogP contribution in [0.3, 0.4) is 0 Å². The van der Waals surface area contributed by atoms with Crippen molar-refractivity contribution >= 4 is 27.7 Å². The minimum atomic E-state index is -4.28. The zero-order valence-corrected chi connectivity index (χ0v) is 11.4. The highest BCUT2D eigenvalue weighted by Crippen LogP contribution is 2.33. The molecule has 0 fully saturated rings. The van der Waals surface area contributed by atoms with Crippen LogP contribution < -0.4 is 0 Å². The molecule has 2 aromatic rings. The summed E-state index contributed by atoms with van der Waals surface area (Å²) >= 11 is 4.77. The summed E-state index contributed by atoms with van der Waals surface area (Å²) in [6, 6.07) is 12.8. The third-order valence-electron chi connectivity index (χ3n) is 2.21. The van der Waals surface area contributed by atoms with Crippen molar-refractivity contribution in [3.8, 4) is 0 Å². The van der Waals surface area contributed by atoms with E-state index in [4.69, 9.17) is 0 Å². The molecule has 5 heteroatoms. The first-order chi connectivity index (χ1) is 8.45. The summed E-state index contributed by atoms with van der Waals surface area (Å²) in [7, 11) is 0. The normalized spacial score (nSPS) is 11.6. The molecule has 0 nitrogen and oxygen atoms in total. The summed E-state index contributed by atoms with van der Waals surface area (Å²) in [6.07, 6.45) is -4.28. The SMILES string of the molecule is FC(F)(F)c1ccc(Sc2cccc(Br)c2)cc1. The third-order valence-corrected chi connectivity index (χ3v) is 3.70. The molecule has 0 heterocycles. The first-order valence-electron chi connectivity index (χ1n) is 5.06. The van der Waals surface area contributed by atoms with E-state index in [1.54, 1.807) is 0 Å². The summed E-state index contributed by atoms with van der Waals surface area (Å²) in [6.45, 7) is 0. The Hall–Kier alpha value is -0.940. The second-order valence-electron chi connectivity index (χ2n) is 3.58. The highest BCUT2D eigenvalue weighted by Gasteiger charge is 2.29. The number of alkyl halides is 3. The lowest BCUT2D eigenvalue weighted by Crippen LogP contribution is -2.03. The number of benzene rings is 2. The van der Waals surface area contributed by atoms with Crippen LogP contribution in [0.5, 0.6) is 0 Å². The van der Waals surface area contributed by atoms with E-state index in [0.717, 1.165) is 26.4 Å². The Balaban J connectivity index is 2.16. The molecule has 0 unspecified atom stereocenters. The van der Waals surface area contributed by atoms with Crippen LogP contribution in [0.25, 0.3) is 0 Å². The first kappa shape index (κ1) is 13.5. The summed E-state index contributed by atoms with van der Waals surface area (Å²) < 4.78 is 38.1. The van der Waals surface area contributed by atoms with Gasteiger partial charge in [-0.25, -0.2) is 0 Å². The van der Waals surface area contributed by atoms with Crippen LogP contribution in [0.1, 0.15) is 5.56 Å². The van der Waals surface area contributed by atoms with Crippen molar-refractivity contribution < 1.29 is 13.2 Å². The van der Waals surface area contributed by atoms with Crippen molar-refractivity contribution in [2.24, 2.45) is 0 Å². The second-order valence-corrected chi connectivity index (χ2v) is 5.64. The van der Waals surface area contributed by atoms with Gasteiger partial charge in [0.15, 0.2) is 0 Å². The predicted octanol–water partition coefficient (Wildman–Crippen LogP) is 5.62. The van der Waals surface area contributed by atoms with Gasteiger partial charge >= 0.3 is 6.18 Å². The smallest absolute Gasteiger partial charge is 0.166 e. The van der Waals surface area contributed by atoms with Gasteiger partial charge in [-0.05, 0) is 42.5 Å². The van der Waals surface area contributed by atoms with Gasteiger partial charge in [0.25, 0.3) is 0 Å². The molecule has 18 heavy (non-hydrogen) atoms. The maximum atomic E-state index is 12.4. The van der Waals surface area contributed by atoms with Gasteiger partial charge in [0.2, 0.25) is 0 Å². The molecular formula is C13H8BrF3S. The molecule has 2 rings (SSSR count). The van der Waals surface area contributed by atoms with Gasteiger partial charge in [0, 0.05) is 14.3 Å². The number of rotatable bonds is 2. The highest BCUT2D eigenvalue weighted by atomic mass is 79.9. The van der Waals surface area contributed by atoms with Crippen LogP contribution in [-0.2, 0) is 6.18 Å². The van der Waals surface area contributed by atoms with E-state index in [9.17, 15) is 13.2 Å². The predicted molar refractivity (Wildman–Crippen MR) is 69.7 cm³/mol. The highest BCUT2D eigenvalue weighted by molar-refractivity contribution is 9.10. The molecule has 0 amide bonds. The summed E-state index contributed by atoms with van der Waals surface area (Å²) in [5, 5.41) is 0. The fourth-order valence-corrected chi connectivity index (χ4v) is 2.81. The van der Waals surface area contributed by atoms with Crippen molar-refractivity contribution in [2.45, 2.75) is 16.0 Å². The van der Waals surface area contributed by atoms with Gasteiger partial charge in [0.05, 0.1) is 5.56 Å². The number of hydrogen-bond acceptors (Lipinski definition) is 1. The average molecular weight is 333 g/mol. The Morgan fingerprint density at radius 1 is 0.889 bits per heavy atom. The number of hydrogen-bond donors (Lipinski definition) is 0. The lowest BCUT2D eigenvalue weighted by Gasteiger charge is -2.07. The van der Waals surface area contributed by atoms with Gasteiger partial charge in [-0.2, -0.15) is 13.2 Å². The Kier molecular flexibility index (Phi) is 4.02. The summed E-state index contributed by atoms with van der Waals surface area (Å²) in [4.78, 5) is 1.75. The maximum absolute atomic E-state index is 12.4. The lowest BCUT2D eigenvalue weighted by atomic mass is 10.2. The summed E-state index contributed by atoms with van der Waals surface area (Å²) in [5.41, 5.74) is -0.624. The van der Waals surface area contributed by atoms with Gasteiger partial charge in [0.1, 0.15) is 0 Å². The molecule has 0 N–H and O–H groups in total. The van der Waals surface area contributed by atoms with E-state index in [0.29, 0.717) is 0 Å². The topological polar surface area (TPSA) is 0 Å². The zero-order chi connectivity index (χ0) is 13.2. The Labute approximate surface area is 115 Å². The zero-order valence-electron chi connectivity index (χ0n) is 9.04. The van der Waals surface area contributed by atoms with E-state index >= 15 is 0 Å². The van der Waals surface area contributed by atoms with Gasteiger partial charge in [-0.3, -0.25) is 0 Å². The largest absolute Gasteiger partial charge is 0.416 e. The van der Waals surface area contributed by atoms with E-state index in [-0.39, 0.29) is 0 Å². The van der Waals surface area contributed by atoms with Crippen molar-refractivity contribution in [1.82, 2.24) is 0 Å². The van der Waals surface area contributed by atoms with Gasteiger partial charge < -0.3 is 0 Å². The minimum absolute atomic E-state index is 0.624. The molecule has 0 aliphatic heterocycles. The molecule has 0 saturated heterocycles. The van der Waals surface area contributed by atoms with Crippen LogP contribution in [0.15, 0.2) is 62.8 Å². The van der Waals surface area contributed by atoms with Crippen LogP contribution in [0.4, 0.5) is 13.2 Å². The van der Waals surface area contributed by atoms with Crippen molar-refractivity contribution in [1.29, 1.82) is 0 Å². The molecule has 0 aliphatic rings. The van der Waals surface area contributed by atoms with Crippen molar-refractivity contribution in [3.63, 3.8) is 0 Å². The van der Waals surface area contributed by atoms with Gasteiger partial charge in [-0.15, -0.1) is 0 Å². The molecule has 0 saturated carbocycles. The van der Waals surface area contributed by atoms with E-state index in [1.807, 2.05) is 24.3 Å².